The molecule has 1 amide bonds. The van der Waals surface area contributed by atoms with Crippen molar-refractivity contribution in [1.29, 1.82) is 0 Å². The van der Waals surface area contributed by atoms with E-state index in [1.165, 1.54) is 0 Å². The van der Waals surface area contributed by atoms with Crippen molar-refractivity contribution in [2.45, 2.75) is 57.7 Å². The summed E-state index contributed by atoms with van der Waals surface area (Å²) in [6.45, 7) is 8.94. The highest BCUT2D eigenvalue weighted by Gasteiger charge is 2.33. The number of amides is 1. The average Bonchev–Trinajstić information content (AvgIpc) is 2.39. The highest BCUT2D eigenvalue weighted by molar-refractivity contribution is 5.84. The Labute approximate surface area is 116 Å². The molecule has 1 aliphatic rings. The zero-order valence-electron chi connectivity index (χ0n) is 12.7. The topological polar surface area (TPSA) is 67.6 Å². The Kier molecular flexibility index (Phi) is 6.23. The summed E-state index contributed by atoms with van der Waals surface area (Å²) in [4.78, 5) is 14.0. The SMILES string of the molecule is CCOC1CCN(C(C)CC(C)(NC)C(N)=O)CC1. The van der Waals surface area contributed by atoms with Gasteiger partial charge in [0.2, 0.25) is 5.91 Å². The zero-order valence-corrected chi connectivity index (χ0v) is 12.7. The molecule has 0 aliphatic carbocycles. The van der Waals surface area contributed by atoms with Crippen molar-refractivity contribution in [3.8, 4) is 0 Å². The largest absolute Gasteiger partial charge is 0.378 e. The van der Waals surface area contributed by atoms with Crippen LogP contribution in [-0.2, 0) is 9.53 Å². The molecule has 112 valence electrons. The predicted octanol–water partition coefficient (Wildman–Crippen LogP) is 0.729. The summed E-state index contributed by atoms with van der Waals surface area (Å²) in [5.41, 5.74) is 4.85. The highest BCUT2D eigenvalue weighted by atomic mass is 16.5. The Morgan fingerprint density at radius 3 is 2.53 bits per heavy atom. The van der Waals surface area contributed by atoms with Gasteiger partial charge in [-0.1, -0.05) is 0 Å². The molecular formula is C14H29N3O2. The minimum Gasteiger partial charge on any atom is -0.378 e. The smallest absolute Gasteiger partial charge is 0.237 e. The number of hydrogen-bond donors (Lipinski definition) is 2. The van der Waals surface area contributed by atoms with Crippen LogP contribution in [-0.4, -0.2) is 55.2 Å². The van der Waals surface area contributed by atoms with E-state index >= 15 is 0 Å². The van der Waals surface area contributed by atoms with Crippen LogP contribution in [0, 0.1) is 0 Å². The van der Waals surface area contributed by atoms with Crippen molar-refractivity contribution in [2.24, 2.45) is 5.73 Å². The maximum absolute atomic E-state index is 11.5. The molecule has 0 bridgehead atoms. The quantitative estimate of drug-likeness (QED) is 0.716. The Hall–Kier alpha value is -0.650. The third-order valence-electron chi connectivity index (χ3n) is 4.30. The second-order valence-electron chi connectivity index (χ2n) is 5.69. The summed E-state index contributed by atoms with van der Waals surface area (Å²) in [5.74, 6) is -0.286. The van der Waals surface area contributed by atoms with Crippen molar-refractivity contribution in [3.05, 3.63) is 0 Å². The van der Waals surface area contributed by atoms with Gasteiger partial charge in [-0.15, -0.1) is 0 Å². The van der Waals surface area contributed by atoms with E-state index in [0.717, 1.165) is 39.0 Å². The van der Waals surface area contributed by atoms with Crippen molar-refractivity contribution in [3.63, 3.8) is 0 Å². The molecule has 1 rings (SSSR count). The van der Waals surface area contributed by atoms with Gasteiger partial charge in [-0.2, -0.15) is 0 Å². The van der Waals surface area contributed by atoms with Crippen LogP contribution in [0.15, 0.2) is 0 Å². The molecule has 3 N–H and O–H groups in total. The summed E-state index contributed by atoms with van der Waals surface area (Å²) in [6, 6.07) is 0.340. The zero-order chi connectivity index (χ0) is 14.5. The van der Waals surface area contributed by atoms with Gasteiger partial charge in [0.05, 0.1) is 11.6 Å². The Bertz CT molecular complexity index is 290. The van der Waals surface area contributed by atoms with E-state index < -0.39 is 5.54 Å². The van der Waals surface area contributed by atoms with E-state index in [1.54, 1.807) is 7.05 Å². The van der Waals surface area contributed by atoms with Crippen molar-refractivity contribution < 1.29 is 9.53 Å². The molecule has 0 radical (unpaired) electrons. The molecule has 0 aromatic rings. The third kappa shape index (κ3) is 4.44. The minimum absolute atomic E-state index is 0.286. The van der Waals surface area contributed by atoms with E-state index in [9.17, 15) is 4.79 Å². The molecule has 0 aromatic heterocycles. The fraction of sp³-hybridized carbons (Fsp3) is 0.929. The van der Waals surface area contributed by atoms with Crippen molar-refractivity contribution in [1.82, 2.24) is 10.2 Å². The molecule has 1 saturated heterocycles. The first-order chi connectivity index (χ1) is 8.92. The number of ether oxygens (including phenoxy) is 1. The molecule has 19 heavy (non-hydrogen) atoms. The van der Waals surface area contributed by atoms with Crippen LogP contribution in [0.1, 0.15) is 40.0 Å². The second-order valence-corrected chi connectivity index (χ2v) is 5.69. The molecule has 5 heteroatoms. The van der Waals surface area contributed by atoms with Crippen LogP contribution in [0.5, 0.6) is 0 Å². The van der Waals surface area contributed by atoms with Crippen LogP contribution in [0.25, 0.3) is 0 Å². The molecule has 2 atom stereocenters. The van der Waals surface area contributed by atoms with Gasteiger partial charge in [-0.25, -0.2) is 0 Å². The van der Waals surface area contributed by atoms with Gasteiger partial charge in [0, 0.05) is 25.7 Å². The number of carbonyl (C=O) groups excluding carboxylic acids is 1. The number of rotatable bonds is 7. The van der Waals surface area contributed by atoms with E-state index in [2.05, 4.69) is 17.1 Å². The first-order valence-electron chi connectivity index (χ1n) is 7.27. The third-order valence-corrected chi connectivity index (χ3v) is 4.30. The standard InChI is InChI=1S/C14H29N3O2/c1-5-19-12-6-8-17(9-7-12)11(2)10-14(3,16-4)13(15)18/h11-12,16H,5-10H2,1-4H3,(H2,15,18). The average molecular weight is 271 g/mol. The lowest BCUT2D eigenvalue weighted by atomic mass is 9.91. The number of nitrogens with one attached hydrogen (secondary N) is 1. The Morgan fingerprint density at radius 1 is 1.53 bits per heavy atom. The molecule has 2 unspecified atom stereocenters. The Balaban J connectivity index is 2.47. The van der Waals surface area contributed by atoms with Crippen LogP contribution in [0.2, 0.25) is 0 Å². The molecule has 1 heterocycles. The number of likely N-dealkylation sites (N-methyl/N-ethyl adjacent to an activating group) is 1. The number of piperidine rings is 1. The molecule has 1 aliphatic heterocycles. The highest BCUT2D eigenvalue weighted by Crippen LogP contribution is 2.21. The summed E-state index contributed by atoms with van der Waals surface area (Å²) in [5, 5.41) is 3.05. The number of likely N-dealkylation sites (tertiary alicyclic amines) is 1. The van der Waals surface area contributed by atoms with Gasteiger partial charge in [-0.3, -0.25) is 4.79 Å². The normalized spacial score (nSPS) is 22.9. The first kappa shape index (κ1) is 16.4. The van der Waals surface area contributed by atoms with E-state index in [-0.39, 0.29) is 5.91 Å². The lowest BCUT2D eigenvalue weighted by molar-refractivity contribution is -0.124. The van der Waals surface area contributed by atoms with Crippen LogP contribution in [0.3, 0.4) is 0 Å². The summed E-state index contributed by atoms with van der Waals surface area (Å²) >= 11 is 0. The van der Waals surface area contributed by atoms with E-state index in [1.807, 2.05) is 13.8 Å². The van der Waals surface area contributed by atoms with Crippen LogP contribution >= 0.6 is 0 Å². The van der Waals surface area contributed by atoms with Gasteiger partial charge in [0.15, 0.2) is 0 Å². The molecule has 0 aromatic carbocycles. The number of nitrogens with two attached hydrogens (primary N) is 1. The van der Waals surface area contributed by atoms with E-state index in [0.29, 0.717) is 12.1 Å². The molecular weight excluding hydrogens is 242 g/mol. The van der Waals surface area contributed by atoms with Crippen LogP contribution in [0.4, 0.5) is 0 Å². The number of hydrogen-bond acceptors (Lipinski definition) is 4. The number of nitrogens with zero attached hydrogens (tertiary/aromatic N) is 1. The van der Waals surface area contributed by atoms with Gasteiger partial charge in [0.25, 0.3) is 0 Å². The van der Waals surface area contributed by atoms with Crippen LogP contribution < -0.4 is 11.1 Å². The summed E-state index contributed by atoms with van der Waals surface area (Å²) < 4.78 is 5.66. The lowest BCUT2D eigenvalue weighted by Crippen LogP contribution is -2.55. The lowest BCUT2D eigenvalue weighted by Gasteiger charge is -2.39. The van der Waals surface area contributed by atoms with E-state index in [4.69, 9.17) is 10.5 Å². The van der Waals surface area contributed by atoms with Gasteiger partial charge in [-0.05, 0) is 47.1 Å². The second kappa shape index (κ2) is 7.22. The van der Waals surface area contributed by atoms with Gasteiger partial charge < -0.3 is 20.7 Å². The molecule has 5 nitrogen and oxygen atoms in total. The van der Waals surface area contributed by atoms with Crippen molar-refractivity contribution in [2.75, 3.05) is 26.7 Å². The first-order valence-corrected chi connectivity index (χ1v) is 7.27. The molecule has 0 spiro atoms. The summed E-state index contributed by atoms with van der Waals surface area (Å²) in [7, 11) is 1.79. The minimum atomic E-state index is -0.629. The van der Waals surface area contributed by atoms with Gasteiger partial charge in [0.1, 0.15) is 0 Å². The maximum atomic E-state index is 11.5. The fourth-order valence-corrected chi connectivity index (χ4v) is 2.76. The Morgan fingerprint density at radius 2 is 2.11 bits per heavy atom. The molecule has 1 fully saturated rings. The fourth-order valence-electron chi connectivity index (χ4n) is 2.76. The maximum Gasteiger partial charge on any atom is 0.237 e. The summed E-state index contributed by atoms with van der Waals surface area (Å²) in [6.07, 6.45) is 3.29. The van der Waals surface area contributed by atoms with Crippen molar-refractivity contribution >= 4 is 5.91 Å². The number of carbonyl (C=O) groups is 1. The predicted molar refractivity (Wildman–Crippen MR) is 77.0 cm³/mol. The number of primary amides is 1. The van der Waals surface area contributed by atoms with Gasteiger partial charge >= 0.3 is 0 Å². The molecule has 0 saturated carbocycles. The monoisotopic (exact) mass is 271 g/mol.